The molecule has 0 aromatic rings. The summed E-state index contributed by atoms with van der Waals surface area (Å²) in [6.45, 7) is -12.5. The van der Waals surface area contributed by atoms with Crippen molar-refractivity contribution in [2.24, 2.45) is 11.8 Å². The maximum atomic E-state index is 13.4. The highest BCUT2D eigenvalue weighted by molar-refractivity contribution is 5.82. The summed E-state index contributed by atoms with van der Waals surface area (Å²) in [6.07, 6.45) is -8.28. The van der Waals surface area contributed by atoms with Crippen molar-refractivity contribution in [3.05, 3.63) is 12.2 Å². The molecule has 190 valence electrons. The molecule has 0 aromatic heterocycles. The molecule has 33 heavy (non-hydrogen) atoms. The van der Waals surface area contributed by atoms with Crippen LogP contribution in [-0.4, -0.2) is 69.3 Å². The lowest BCUT2D eigenvalue weighted by Gasteiger charge is -2.40. The molecule has 0 radical (unpaired) electrons. The summed E-state index contributed by atoms with van der Waals surface area (Å²) in [5.41, 5.74) is -4.10. The fourth-order valence-corrected chi connectivity index (χ4v) is 3.16. The van der Waals surface area contributed by atoms with Crippen LogP contribution in [0.1, 0.15) is 89.8 Å². The van der Waals surface area contributed by atoms with Gasteiger partial charge < -0.3 is 29.5 Å². The maximum Gasteiger partial charge on any atom is 0.330 e. The van der Waals surface area contributed by atoms with Gasteiger partial charge in [0.05, 0.1) is 18.1 Å². The van der Waals surface area contributed by atoms with Crippen LogP contribution in [0.2, 0.25) is 0 Å². The number of unbranched alkanes of at least 4 members (excludes halogenated alkanes) is 3. The SMILES string of the molecule is [2H]C([2H])([2H])[C@@H]1[C@@H](OC(=O)/C=C/C(O)CCCCCC)[C@H](C([2H])([2H])[2H])OC(=O)[C@H](C([2H])([2H])[2H])[C@@H](OC(C)=O)[C@@](O)(C([2H])([2H])[2H])[C@H]1O. The molecule has 0 aliphatic carbocycles. The second-order valence-electron chi connectivity index (χ2n) is 7.84. The van der Waals surface area contributed by atoms with Gasteiger partial charge in [0.15, 0.2) is 0 Å². The van der Waals surface area contributed by atoms with Crippen LogP contribution in [0.5, 0.6) is 0 Å². The summed E-state index contributed by atoms with van der Waals surface area (Å²) in [5, 5.41) is 33.2. The van der Waals surface area contributed by atoms with Crippen molar-refractivity contribution in [3.8, 4) is 0 Å². The van der Waals surface area contributed by atoms with E-state index in [1.165, 1.54) is 0 Å². The molecule has 1 aliphatic rings. The predicted octanol–water partition coefficient (Wildman–Crippen LogP) is 2.05. The van der Waals surface area contributed by atoms with E-state index >= 15 is 0 Å². The molecule has 8 atom stereocenters. The molecule has 1 aliphatic heterocycles. The van der Waals surface area contributed by atoms with Crippen LogP contribution < -0.4 is 0 Å². The van der Waals surface area contributed by atoms with E-state index in [1.807, 2.05) is 6.92 Å². The monoisotopic (exact) mass is 484 g/mol. The molecule has 9 heteroatoms. The van der Waals surface area contributed by atoms with Crippen LogP contribution in [0.25, 0.3) is 0 Å². The zero-order valence-electron chi connectivity index (χ0n) is 30.5. The Kier molecular flexibility index (Phi) is 5.98. The Morgan fingerprint density at radius 2 is 2.00 bits per heavy atom. The first-order valence-corrected chi connectivity index (χ1v) is 10.6. The third-order valence-electron chi connectivity index (χ3n) is 5.03. The number of cyclic esters (lactones) is 1. The number of hydrogen-bond donors (Lipinski definition) is 3. The summed E-state index contributed by atoms with van der Waals surface area (Å²) in [6, 6.07) is 0. The normalized spacial score (nSPS) is 40.9. The number of esters is 3. The average Bonchev–Trinajstić information content (AvgIpc) is 2.86. The lowest BCUT2D eigenvalue weighted by atomic mass is 9.78. The minimum atomic E-state index is -4.10. The van der Waals surface area contributed by atoms with E-state index in [9.17, 15) is 29.7 Å². The van der Waals surface area contributed by atoms with Crippen molar-refractivity contribution in [1.29, 1.82) is 0 Å². The van der Waals surface area contributed by atoms with Crippen LogP contribution in [-0.2, 0) is 28.6 Å². The number of rotatable bonds is 9. The molecule has 0 saturated carbocycles. The Balaban J connectivity index is 3.99. The lowest BCUT2D eigenvalue weighted by Crippen LogP contribution is -2.58. The predicted molar refractivity (Wildman–Crippen MR) is 120 cm³/mol. The quantitative estimate of drug-likeness (QED) is 0.194. The minimum Gasteiger partial charge on any atom is -0.458 e. The van der Waals surface area contributed by atoms with Crippen molar-refractivity contribution >= 4 is 17.9 Å². The fourth-order valence-electron chi connectivity index (χ4n) is 3.16. The van der Waals surface area contributed by atoms with Crippen LogP contribution >= 0.6 is 0 Å². The second kappa shape index (κ2) is 13.1. The van der Waals surface area contributed by atoms with Crippen molar-refractivity contribution in [2.45, 2.75) is 109 Å². The number of aliphatic hydroxyl groups is 3. The molecular formula is C24H40O9. The average molecular weight is 485 g/mol. The molecule has 0 bridgehead atoms. The Bertz CT molecular complexity index is 1050. The van der Waals surface area contributed by atoms with E-state index in [2.05, 4.69) is 0 Å². The van der Waals surface area contributed by atoms with E-state index in [0.717, 1.165) is 25.3 Å². The van der Waals surface area contributed by atoms with Crippen LogP contribution in [0.4, 0.5) is 0 Å². The molecule has 1 rings (SSSR count). The van der Waals surface area contributed by atoms with Crippen molar-refractivity contribution in [1.82, 2.24) is 0 Å². The van der Waals surface area contributed by atoms with E-state index in [0.29, 0.717) is 19.4 Å². The van der Waals surface area contributed by atoms with Crippen molar-refractivity contribution < 1.29 is 60.4 Å². The first kappa shape index (κ1) is 15.1. The van der Waals surface area contributed by atoms with Gasteiger partial charge in [-0.15, -0.1) is 0 Å². The van der Waals surface area contributed by atoms with Gasteiger partial charge in [-0.25, -0.2) is 4.79 Å². The summed E-state index contributed by atoms with van der Waals surface area (Å²) < 4.78 is 110. The summed E-state index contributed by atoms with van der Waals surface area (Å²) in [7, 11) is 0. The summed E-state index contributed by atoms with van der Waals surface area (Å²) >= 11 is 0. The number of hydrogen-bond acceptors (Lipinski definition) is 9. The van der Waals surface area contributed by atoms with Crippen molar-refractivity contribution in [2.75, 3.05) is 0 Å². The fraction of sp³-hybridized carbons (Fsp3) is 0.792. The molecule has 0 aromatic carbocycles. The number of aliphatic hydroxyl groups excluding tert-OH is 2. The highest BCUT2D eigenvalue weighted by Crippen LogP contribution is 2.34. The largest absolute Gasteiger partial charge is 0.458 e. The molecular weight excluding hydrogens is 432 g/mol. The Morgan fingerprint density at radius 1 is 1.24 bits per heavy atom. The number of carbonyl (C=O) groups is 3. The zero-order valence-corrected chi connectivity index (χ0v) is 18.5. The third-order valence-corrected chi connectivity index (χ3v) is 5.03. The number of ether oxygens (including phenoxy) is 3. The van der Waals surface area contributed by atoms with Gasteiger partial charge >= 0.3 is 17.9 Å². The first-order chi connectivity index (χ1) is 20.2. The molecule has 0 spiro atoms. The van der Waals surface area contributed by atoms with E-state index < -0.39 is 93.3 Å². The van der Waals surface area contributed by atoms with Gasteiger partial charge in [-0.3, -0.25) is 9.59 Å². The van der Waals surface area contributed by atoms with Crippen molar-refractivity contribution in [3.63, 3.8) is 0 Å². The summed E-state index contributed by atoms with van der Waals surface area (Å²) in [5.74, 6) is -11.0. The van der Waals surface area contributed by atoms with Crippen LogP contribution in [0.3, 0.4) is 0 Å². The van der Waals surface area contributed by atoms with Crippen LogP contribution in [0, 0.1) is 11.8 Å². The van der Waals surface area contributed by atoms with Crippen LogP contribution in [0.15, 0.2) is 12.2 Å². The maximum absolute atomic E-state index is 13.4. The van der Waals surface area contributed by atoms with E-state index in [-0.39, 0.29) is 6.42 Å². The third kappa shape index (κ3) is 8.39. The van der Waals surface area contributed by atoms with Gasteiger partial charge in [0, 0.05) is 35.4 Å². The Hall–Kier alpha value is -1.97. The smallest absolute Gasteiger partial charge is 0.330 e. The standard InChI is InChI=1S/C24H40O9/c1-7-8-9-10-11-18(26)12-13-19(27)33-20-14(2)21(28)24(6,30)22(32-17(5)25)15(3)23(29)31-16(20)4/h12-16,18,20-22,26,28,30H,7-11H2,1-6H3/b13-12+/t14-,15-,16+,18?,20-,21+,22-,24-/m1/s1/i2D3,3D3,4D3,6D3. The highest BCUT2D eigenvalue weighted by atomic mass is 16.6. The van der Waals surface area contributed by atoms with Gasteiger partial charge in [0.25, 0.3) is 0 Å². The van der Waals surface area contributed by atoms with Gasteiger partial charge in [0.1, 0.15) is 23.9 Å². The van der Waals surface area contributed by atoms with E-state index in [1.54, 1.807) is 0 Å². The van der Waals surface area contributed by atoms with Gasteiger partial charge in [-0.2, -0.15) is 0 Å². The van der Waals surface area contributed by atoms with Gasteiger partial charge in [-0.05, 0) is 33.1 Å². The second-order valence-corrected chi connectivity index (χ2v) is 7.84. The Morgan fingerprint density at radius 3 is 2.58 bits per heavy atom. The highest BCUT2D eigenvalue weighted by Gasteiger charge is 2.52. The summed E-state index contributed by atoms with van der Waals surface area (Å²) in [4.78, 5) is 38.2. The molecule has 1 fully saturated rings. The minimum absolute atomic E-state index is 0.207. The van der Waals surface area contributed by atoms with Gasteiger partial charge in [-0.1, -0.05) is 39.5 Å². The number of carbonyl (C=O) groups excluding carboxylic acids is 3. The van der Waals surface area contributed by atoms with E-state index in [4.69, 9.17) is 30.7 Å². The lowest BCUT2D eigenvalue weighted by molar-refractivity contribution is -0.198. The molecule has 1 saturated heterocycles. The Labute approximate surface area is 213 Å². The molecule has 1 heterocycles. The topological polar surface area (TPSA) is 140 Å². The molecule has 3 N–H and O–H groups in total. The molecule has 0 amide bonds. The molecule has 1 unspecified atom stereocenters. The molecule has 9 nitrogen and oxygen atoms in total. The van der Waals surface area contributed by atoms with Gasteiger partial charge in [0.2, 0.25) is 0 Å². The zero-order chi connectivity index (χ0) is 35.3. The first-order valence-electron chi connectivity index (χ1n) is 16.6.